The molecule has 3 aromatic rings. The second-order valence-corrected chi connectivity index (χ2v) is 7.01. The number of ether oxygens (including phenoxy) is 2. The summed E-state index contributed by atoms with van der Waals surface area (Å²) in [7, 11) is 0. The molecule has 0 bridgehead atoms. The maximum absolute atomic E-state index is 9.69. The summed E-state index contributed by atoms with van der Waals surface area (Å²) in [6.07, 6.45) is 1.86. The number of nitriles is 1. The number of H-pyrrole nitrogens is 1. The second kappa shape index (κ2) is 8.18. The van der Waals surface area contributed by atoms with Gasteiger partial charge in [-0.1, -0.05) is 6.07 Å². The van der Waals surface area contributed by atoms with E-state index in [2.05, 4.69) is 36.0 Å². The van der Waals surface area contributed by atoms with Crippen LogP contribution in [0, 0.1) is 25.2 Å². The number of aryl methyl sites for hydroxylation is 2. The number of nitrogens with zero attached hydrogens (tertiary/aromatic N) is 2. The minimum atomic E-state index is 0.0535. The summed E-state index contributed by atoms with van der Waals surface area (Å²) in [6, 6.07) is 12.0. The van der Waals surface area contributed by atoms with Crippen molar-refractivity contribution in [2.24, 2.45) is 0 Å². The number of allylic oxidation sites excluding steroid dienone is 1. The SMILES string of the molecule is CCOc1cc(/C=C(/C#N)c2nc3cc(C)c(C)cc3[nH]2)ccc1OC(C)C. The molecular formula is C23H25N3O2. The van der Waals surface area contributed by atoms with Crippen LogP contribution in [0.1, 0.15) is 43.3 Å². The summed E-state index contributed by atoms with van der Waals surface area (Å²) >= 11 is 0. The van der Waals surface area contributed by atoms with Gasteiger partial charge in [-0.2, -0.15) is 5.26 Å². The number of rotatable bonds is 6. The molecule has 0 unspecified atom stereocenters. The van der Waals surface area contributed by atoms with E-state index >= 15 is 0 Å². The summed E-state index contributed by atoms with van der Waals surface area (Å²) in [5.74, 6) is 1.92. The van der Waals surface area contributed by atoms with E-state index in [-0.39, 0.29) is 6.10 Å². The van der Waals surface area contributed by atoms with Crippen molar-refractivity contribution in [1.29, 1.82) is 5.26 Å². The third kappa shape index (κ3) is 4.17. The van der Waals surface area contributed by atoms with Crippen molar-refractivity contribution < 1.29 is 9.47 Å². The quantitative estimate of drug-likeness (QED) is 0.583. The molecule has 1 aromatic heterocycles. The van der Waals surface area contributed by atoms with Gasteiger partial charge in [-0.25, -0.2) is 4.98 Å². The van der Waals surface area contributed by atoms with Crippen LogP contribution in [0.5, 0.6) is 11.5 Å². The third-order valence-electron chi connectivity index (χ3n) is 4.41. The van der Waals surface area contributed by atoms with Crippen LogP contribution in [-0.2, 0) is 0 Å². The molecule has 5 nitrogen and oxygen atoms in total. The summed E-state index contributed by atoms with van der Waals surface area (Å²) in [6.45, 7) is 10.5. The van der Waals surface area contributed by atoms with Crippen LogP contribution in [-0.4, -0.2) is 22.7 Å². The molecule has 144 valence electrons. The van der Waals surface area contributed by atoms with Crippen molar-refractivity contribution in [3.05, 3.63) is 52.8 Å². The van der Waals surface area contributed by atoms with Gasteiger partial charge in [-0.3, -0.25) is 0 Å². The Morgan fingerprint density at radius 2 is 1.93 bits per heavy atom. The molecule has 0 aliphatic rings. The molecule has 0 fully saturated rings. The van der Waals surface area contributed by atoms with E-state index in [0.29, 0.717) is 29.5 Å². The van der Waals surface area contributed by atoms with E-state index in [0.717, 1.165) is 16.6 Å². The van der Waals surface area contributed by atoms with Gasteiger partial charge in [0.2, 0.25) is 0 Å². The van der Waals surface area contributed by atoms with Crippen molar-refractivity contribution in [3.63, 3.8) is 0 Å². The van der Waals surface area contributed by atoms with Crippen molar-refractivity contribution in [2.75, 3.05) is 6.61 Å². The number of aromatic amines is 1. The standard InChI is InChI=1S/C23H25N3O2/c1-6-27-22-12-17(7-8-21(22)28-14(2)3)11-18(13-24)23-25-19-9-15(4)16(5)10-20(19)26-23/h7-12,14H,6H2,1-5H3,(H,25,26)/b18-11-. The largest absolute Gasteiger partial charge is 0.490 e. The number of benzene rings is 2. The molecule has 3 rings (SSSR count). The van der Waals surface area contributed by atoms with Crippen LogP contribution >= 0.6 is 0 Å². The first kappa shape index (κ1) is 19.5. The van der Waals surface area contributed by atoms with Crippen molar-refractivity contribution >= 4 is 22.7 Å². The van der Waals surface area contributed by atoms with E-state index in [1.165, 1.54) is 11.1 Å². The lowest BCUT2D eigenvalue weighted by atomic mass is 10.1. The molecule has 1 N–H and O–H groups in total. The third-order valence-corrected chi connectivity index (χ3v) is 4.41. The molecule has 0 aliphatic carbocycles. The molecule has 2 aromatic carbocycles. The maximum Gasteiger partial charge on any atom is 0.161 e. The Morgan fingerprint density at radius 3 is 2.61 bits per heavy atom. The fourth-order valence-corrected chi connectivity index (χ4v) is 2.95. The van der Waals surface area contributed by atoms with Crippen LogP contribution in [0.25, 0.3) is 22.7 Å². The normalized spacial score (nSPS) is 11.7. The first-order valence-electron chi connectivity index (χ1n) is 9.44. The fourth-order valence-electron chi connectivity index (χ4n) is 2.95. The molecular weight excluding hydrogens is 350 g/mol. The van der Waals surface area contributed by atoms with E-state index in [1.54, 1.807) is 6.08 Å². The molecule has 5 heteroatoms. The van der Waals surface area contributed by atoms with Gasteiger partial charge in [-0.15, -0.1) is 0 Å². The van der Waals surface area contributed by atoms with Crippen LogP contribution < -0.4 is 9.47 Å². The zero-order valence-electron chi connectivity index (χ0n) is 17.0. The minimum Gasteiger partial charge on any atom is -0.490 e. The smallest absolute Gasteiger partial charge is 0.161 e. The fraction of sp³-hybridized carbons (Fsp3) is 0.304. The molecule has 0 spiro atoms. The van der Waals surface area contributed by atoms with Gasteiger partial charge < -0.3 is 14.5 Å². The van der Waals surface area contributed by atoms with Gasteiger partial charge in [0.15, 0.2) is 11.5 Å². The molecule has 0 radical (unpaired) electrons. The topological polar surface area (TPSA) is 70.9 Å². The van der Waals surface area contributed by atoms with E-state index in [9.17, 15) is 5.26 Å². The van der Waals surface area contributed by atoms with Gasteiger partial charge >= 0.3 is 0 Å². The molecule has 28 heavy (non-hydrogen) atoms. The number of nitrogens with one attached hydrogen (secondary N) is 1. The Balaban J connectivity index is 2.00. The van der Waals surface area contributed by atoms with Crippen LogP contribution in [0.3, 0.4) is 0 Å². The van der Waals surface area contributed by atoms with E-state index in [4.69, 9.17) is 9.47 Å². The highest BCUT2D eigenvalue weighted by Gasteiger charge is 2.11. The summed E-state index contributed by atoms with van der Waals surface area (Å²) < 4.78 is 11.5. The maximum atomic E-state index is 9.69. The van der Waals surface area contributed by atoms with Gasteiger partial charge in [0.05, 0.1) is 29.3 Å². The molecule has 0 aliphatic heterocycles. The van der Waals surface area contributed by atoms with Crippen molar-refractivity contribution in [3.8, 4) is 17.6 Å². The first-order chi connectivity index (χ1) is 13.4. The van der Waals surface area contributed by atoms with E-state index < -0.39 is 0 Å². The number of fused-ring (bicyclic) bond motifs is 1. The molecule has 0 saturated carbocycles. The van der Waals surface area contributed by atoms with Gasteiger partial charge in [0.25, 0.3) is 0 Å². The first-order valence-corrected chi connectivity index (χ1v) is 9.44. The Kier molecular flexibility index (Phi) is 5.70. The van der Waals surface area contributed by atoms with Gasteiger partial charge in [0, 0.05) is 0 Å². The number of aromatic nitrogens is 2. The number of hydrogen-bond donors (Lipinski definition) is 1. The molecule has 0 atom stereocenters. The average molecular weight is 375 g/mol. The zero-order chi connectivity index (χ0) is 20.3. The highest BCUT2D eigenvalue weighted by atomic mass is 16.5. The lowest BCUT2D eigenvalue weighted by Gasteiger charge is -2.15. The van der Waals surface area contributed by atoms with Crippen LogP contribution in [0.4, 0.5) is 0 Å². The van der Waals surface area contributed by atoms with Crippen LogP contribution in [0.2, 0.25) is 0 Å². The highest BCUT2D eigenvalue weighted by molar-refractivity contribution is 5.90. The predicted molar refractivity (Wildman–Crippen MR) is 112 cm³/mol. The molecule has 1 heterocycles. The molecule has 0 amide bonds. The Hall–Kier alpha value is -3.26. The lowest BCUT2D eigenvalue weighted by molar-refractivity contribution is 0.224. The highest BCUT2D eigenvalue weighted by Crippen LogP contribution is 2.31. The van der Waals surface area contributed by atoms with E-state index in [1.807, 2.05) is 45.0 Å². The Morgan fingerprint density at radius 1 is 1.18 bits per heavy atom. The Labute approximate surface area is 165 Å². The number of imidazole rings is 1. The monoisotopic (exact) mass is 375 g/mol. The summed E-state index contributed by atoms with van der Waals surface area (Å²) in [5.41, 5.74) is 5.46. The summed E-state index contributed by atoms with van der Waals surface area (Å²) in [5, 5.41) is 9.69. The lowest BCUT2D eigenvalue weighted by Crippen LogP contribution is -2.07. The van der Waals surface area contributed by atoms with Gasteiger partial charge in [0.1, 0.15) is 11.9 Å². The molecule has 0 saturated heterocycles. The summed E-state index contributed by atoms with van der Waals surface area (Å²) in [4.78, 5) is 7.85. The second-order valence-electron chi connectivity index (χ2n) is 7.01. The van der Waals surface area contributed by atoms with Gasteiger partial charge in [-0.05, 0) is 81.7 Å². The van der Waals surface area contributed by atoms with Crippen LogP contribution in [0.15, 0.2) is 30.3 Å². The van der Waals surface area contributed by atoms with Crippen molar-refractivity contribution in [1.82, 2.24) is 9.97 Å². The Bertz CT molecular complexity index is 1030. The zero-order valence-corrected chi connectivity index (χ0v) is 17.0. The average Bonchev–Trinajstić information content (AvgIpc) is 3.04. The minimum absolute atomic E-state index is 0.0535. The number of hydrogen-bond acceptors (Lipinski definition) is 4. The van der Waals surface area contributed by atoms with Crippen molar-refractivity contribution in [2.45, 2.75) is 40.7 Å². The predicted octanol–water partition coefficient (Wildman–Crippen LogP) is 5.43.